The van der Waals surface area contributed by atoms with Crippen LogP contribution in [0, 0.1) is 23.0 Å². The summed E-state index contributed by atoms with van der Waals surface area (Å²) in [7, 11) is 0. The normalized spacial score (nSPS) is 16.9. The van der Waals surface area contributed by atoms with Crippen LogP contribution in [0.1, 0.15) is 5.56 Å². The van der Waals surface area contributed by atoms with Gasteiger partial charge >= 0.3 is 0 Å². The summed E-state index contributed by atoms with van der Waals surface area (Å²) in [4.78, 5) is 27.6. The van der Waals surface area contributed by atoms with Crippen LogP contribution in [0.4, 0.5) is 20.2 Å². The Morgan fingerprint density at radius 3 is 2.18 bits per heavy atom. The van der Waals surface area contributed by atoms with Crippen LogP contribution >= 0.6 is 11.8 Å². The zero-order valence-electron chi connectivity index (χ0n) is 17.2. The molecule has 2 amide bonds. The lowest BCUT2D eigenvalue weighted by Gasteiger charge is -2.18. The third kappa shape index (κ3) is 4.94. The van der Waals surface area contributed by atoms with E-state index < -0.39 is 17.0 Å². The summed E-state index contributed by atoms with van der Waals surface area (Å²) in [6, 6.07) is 21.6. The van der Waals surface area contributed by atoms with Gasteiger partial charge in [-0.15, -0.1) is 0 Å². The number of rotatable bonds is 5. The van der Waals surface area contributed by atoms with E-state index in [1.165, 1.54) is 41.3 Å². The van der Waals surface area contributed by atoms with Gasteiger partial charge in [-0.1, -0.05) is 42.1 Å². The molecule has 0 bridgehead atoms. The van der Waals surface area contributed by atoms with Crippen LogP contribution < -0.4 is 10.2 Å². The van der Waals surface area contributed by atoms with Crippen molar-refractivity contribution in [3.63, 3.8) is 0 Å². The summed E-state index contributed by atoms with van der Waals surface area (Å²) in [5.41, 5.74) is 1.36. The van der Waals surface area contributed by atoms with E-state index in [9.17, 15) is 23.6 Å². The van der Waals surface area contributed by atoms with Crippen LogP contribution in [0.15, 0.2) is 89.5 Å². The van der Waals surface area contributed by atoms with Gasteiger partial charge < -0.3 is 5.32 Å². The Morgan fingerprint density at radius 2 is 1.58 bits per heavy atom. The zero-order valence-corrected chi connectivity index (χ0v) is 18.0. The molecule has 0 unspecified atom stereocenters. The zero-order chi connectivity index (χ0) is 23.4. The smallest absolute Gasteiger partial charge is 0.269 e. The number of hydrogen-bond acceptors (Lipinski definition) is 4. The Kier molecular flexibility index (Phi) is 6.52. The molecule has 3 aromatic rings. The molecule has 1 atom stereocenters. The summed E-state index contributed by atoms with van der Waals surface area (Å²) in [5.74, 6) is -1.82. The molecule has 0 saturated carbocycles. The van der Waals surface area contributed by atoms with Crippen molar-refractivity contribution in [1.29, 1.82) is 5.26 Å². The Hall–Kier alpha value is -3.96. The lowest BCUT2D eigenvalue weighted by atomic mass is 10.1. The van der Waals surface area contributed by atoms with Gasteiger partial charge in [-0.05, 0) is 60.5 Å². The van der Waals surface area contributed by atoms with Crippen molar-refractivity contribution in [3.05, 3.63) is 107 Å². The molecule has 164 valence electrons. The Labute approximate surface area is 193 Å². The molecule has 5 nitrogen and oxygen atoms in total. The predicted molar refractivity (Wildman–Crippen MR) is 123 cm³/mol. The van der Waals surface area contributed by atoms with Gasteiger partial charge in [-0.3, -0.25) is 14.5 Å². The van der Waals surface area contributed by atoms with Crippen LogP contribution in [0.25, 0.3) is 0 Å². The summed E-state index contributed by atoms with van der Waals surface area (Å²) in [5, 5.41) is 12.0. The molecule has 0 aliphatic carbocycles. The summed E-state index contributed by atoms with van der Waals surface area (Å²) < 4.78 is 26.5. The van der Waals surface area contributed by atoms with E-state index in [4.69, 9.17) is 0 Å². The lowest BCUT2D eigenvalue weighted by molar-refractivity contribution is -0.117. The molecule has 1 aliphatic rings. The molecule has 1 heterocycles. The van der Waals surface area contributed by atoms with Gasteiger partial charge in [0.25, 0.3) is 5.91 Å². The maximum Gasteiger partial charge on any atom is 0.269 e. The monoisotopic (exact) mass is 461 g/mol. The number of nitrogens with zero attached hydrogens (tertiary/aromatic N) is 2. The average Bonchev–Trinajstić information content (AvgIpc) is 3.13. The van der Waals surface area contributed by atoms with Crippen LogP contribution in [-0.2, 0) is 16.0 Å². The second kappa shape index (κ2) is 9.67. The third-order valence-corrected chi connectivity index (χ3v) is 6.22. The van der Waals surface area contributed by atoms with E-state index >= 15 is 0 Å². The number of anilines is 2. The van der Waals surface area contributed by atoms with Crippen molar-refractivity contribution in [2.24, 2.45) is 0 Å². The summed E-state index contributed by atoms with van der Waals surface area (Å²) in [6.07, 6.45) is 0.300. The highest BCUT2D eigenvalue weighted by Crippen LogP contribution is 2.42. The first-order valence-corrected chi connectivity index (χ1v) is 10.9. The molecule has 1 N–H and O–H groups in total. The number of amides is 2. The van der Waals surface area contributed by atoms with Crippen molar-refractivity contribution in [1.82, 2.24) is 0 Å². The first kappa shape index (κ1) is 22.2. The third-order valence-electron chi connectivity index (χ3n) is 4.96. The van der Waals surface area contributed by atoms with Crippen molar-refractivity contribution in [2.45, 2.75) is 11.7 Å². The van der Waals surface area contributed by atoms with Crippen LogP contribution in [-0.4, -0.2) is 17.1 Å². The van der Waals surface area contributed by atoms with Gasteiger partial charge in [0.05, 0.1) is 5.25 Å². The molecule has 1 aliphatic heterocycles. The number of carbonyl (C=O) groups excluding carboxylic acids is 2. The number of nitriles is 1. The predicted octanol–water partition coefficient (Wildman–Crippen LogP) is 5.03. The van der Waals surface area contributed by atoms with Crippen LogP contribution in [0.5, 0.6) is 0 Å². The van der Waals surface area contributed by atoms with Gasteiger partial charge in [0.1, 0.15) is 28.3 Å². The minimum Gasteiger partial charge on any atom is -0.321 e. The first-order chi connectivity index (χ1) is 16.0. The number of halogens is 2. The first-order valence-electron chi connectivity index (χ1n) is 9.97. The number of hydrogen-bond donors (Lipinski definition) is 1. The molecule has 0 aromatic heterocycles. The summed E-state index contributed by atoms with van der Waals surface area (Å²) in [6.45, 7) is 0. The topological polar surface area (TPSA) is 73.2 Å². The highest BCUT2D eigenvalue weighted by molar-refractivity contribution is 8.05. The second-order valence-electron chi connectivity index (χ2n) is 7.20. The fourth-order valence-corrected chi connectivity index (χ4v) is 4.67. The van der Waals surface area contributed by atoms with Crippen molar-refractivity contribution < 1.29 is 18.4 Å². The molecule has 0 radical (unpaired) electrons. The molecule has 8 heteroatoms. The Morgan fingerprint density at radius 1 is 0.970 bits per heavy atom. The minimum absolute atomic E-state index is 0.209. The number of para-hydroxylation sites is 1. The van der Waals surface area contributed by atoms with Gasteiger partial charge in [0, 0.05) is 11.4 Å². The molecule has 1 saturated heterocycles. The van der Waals surface area contributed by atoms with Gasteiger partial charge in [0.15, 0.2) is 0 Å². The number of benzene rings is 3. The van der Waals surface area contributed by atoms with Gasteiger partial charge in [-0.25, -0.2) is 8.78 Å². The quantitative estimate of drug-likeness (QED) is 0.427. The maximum atomic E-state index is 13.3. The van der Waals surface area contributed by atoms with E-state index in [-0.39, 0.29) is 22.3 Å². The molecule has 4 rings (SSSR count). The fraction of sp³-hybridized carbons (Fsp3) is 0.0800. The molecule has 0 spiro atoms. The number of nitrogens with one attached hydrogen (secondary N) is 1. The largest absolute Gasteiger partial charge is 0.321 e. The number of carbonyl (C=O) groups is 2. The van der Waals surface area contributed by atoms with Crippen molar-refractivity contribution in [3.8, 4) is 6.07 Å². The molecular weight excluding hydrogens is 444 g/mol. The number of thioether (sulfide) groups is 1. The van der Waals surface area contributed by atoms with E-state index in [2.05, 4.69) is 5.32 Å². The van der Waals surface area contributed by atoms with E-state index in [1.807, 2.05) is 6.07 Å². The minimum atomic E-state index is -0.706. The molecule has 33 heavy (non-hydrogen) atoms. The standard InChI is InChI=1S/C25H17F2N3O2S/c26-17-8-6-16(7-9-17)14-22-24(32)30(20-4-2-1-3-5-20)25(33-22)21(15-28)23(31)29-19-12-10-18(27)11-13-19/h1-13,22H,14H2,(H,29,31)/b25-21+/t22-/m0/s1. The average molecular weight is 461 g/mol. The molecule has 1 fully saturated rings. The van der Waals surface area contributed by atoms with Gasteiger partial charge in [0.2, 0.25) is 5.91 Å². The SMILES string of the molecule is N#C/C(C(=O)Nc1ccc(F)cc1)=C1\S[C@@H](Cc2ccc(F)cc2)C(=O)N1c1ccccc1. The highest BCUT2D eigenvalue weighted by Gasteiger charge is 2.40. The van der Waals surface area contributed by atoms with E-state index in [0.29, 0.717) is 17.8 Å². The van der Waals surface area contributed by atoms with E-state index in [0.717, 1.165) is 17.3 Å². The molecular formula is C25H17F2N3O2S. The second-order valence-corrected chi connectivity index (χ2v) is 8.39. The highest BCUT2D eigenvalue weighted by atomic mass is 32.2. The Balaban J connectivity index is 1.70. The lowest BCUT2D eigenvalue weighted by Crippen LogP contribution is -2.30. The van der Waals surface area contributed by atoms with Crippen molar-refractivity contribution >= 4 is 35.0 Å². The van der Waals surface area contributed by atoms with Crippen LogP contribution in [0.2, 0.25) is 0 Å². The van der Waals surface area contributed by atoms with Crippen LogP contribution in [0.3, 0.4) is 0 Å². The maximum absolute atomic E-state index is 13.3. The van der Waals surface area contributed by atoms with Gasteiger partial charge in [-0.2, -0.15) is 5.26 Å². The van der Waals surface area contributed by atoms with E-state index in [1.54, 1.807) is 42.5 Å². The Bertz CT molecular complexity index is 1250. The molecule has 3 aromatic carbocycles. The summed E-state index contributed by atoms with van der Waals surface area (Å²) >= 11 is 1.11. The van der Waals surface area contributed by atoms with Crippen molar-refractivity contribution in [2.75, 3.05) is 10.2 Å². The fourth-order valence-electron chi connectivity index (χ4n) is 3.36.